The predicted molar refractivity (Wildman–Crippen MR) is 126 cm³/mol. The Kier molecular flexibility index (Phi) is 10.6. The molecule has 1 saturated carbocycles. The van der Waals surface area contributed by atoms with Crippen molar-refractivity contribution in [2.24, 2.45) is 17.0 Å². The third-order valence-electron chi connectivity index (χ3n) is 6.37. The number of oxime groups is 1. The predicted octanol–water partition coefficient (Wildman–Crippen LogP) is 4.74. The maximum Gasteiger partial charge on any atom is 0.303 e. The lowest BCUT2D eigenvalue weighted by molar-refractivity contribution is -0.137. The molecule has 1 aromatic rings. The summed E-state index contributed by atoms with van der Waals surface area (Å²) in [7, 11) is 0. The van der Waals surface area contributed by atoms with Gasteiger partial charge in [0.05, 0.1) is 17.4 Å². The van der Waals surface area contributed by atoms with Crippen LogP contribution < -0.4 is 0 Å². The molecule has 1 aliphatic rings. The van der Waals surface area contributed by atoms with Gasteiger partial charge in [-0.3, -0.25) is 4.79 Å². The zero-order valence-electron chi connectivity index (χ0n) is 18.9. The van der Waals surface area contributed by atoms with E-state index in [9.17, 15) is 20.2 Å². The summed E-state index contributed by atoms with van der Waals surface area (Å²) in [4.78, 5) is 10.6. The number of carboxylic acids is 1. The first-order chi connectivity index (χ1) is 15.4. The molecule has 1 unspecified atom stereocenters. The van der Waals surface area contributed by atoms with Crippen LogP contribution in [-0.2, 0) is 11.2 Å². The van der Waals surface area contributed by atoms with Crippen molar-refractivity contribution in [1.29, 1.82) is 0 Å². The smallest absolute Gasteiger partial charge is 0.303 e. The Morgan fingerprint density at radius 2 is 1.97 bits per heavy atom. The average Bonchev–Trinajstić information content (AvgIpc) is 3.09. The highest BCUT2D eigenvalue weighted by Gasteiger charge is 2.38. The minimum atomic E-state index is -0.944. The molecule has 1 aromatic carbocycles. The van der Waals surface area contributed by atoms with Gasteiger partial charge in [0.1, 0.15) is 0 Å². The molecular formula is C26H37NO5. The number of hydrogen-bond donors (Lipinski definition) is 4. The zero-order valence-corrected chi connectivity index (χ0v) is 18.9. The molecule has 1 fully saturated rings. The molecule has 0 spiro atoms. The first kappa shape index (κ1) is 25.8. The molecule has 0 amide bonds. The second-order valence-electron chi connectivity index (χ2n) is 8.70. The van der Waals surface area contributed by atoms with E-state index in [0.29, 0.717) is 44.2 Å². The van der Waals surface area contributed by atoms with Crippen molar-refractivity contribution in [2.75, 3.05) is 0 Å². The third-order valence-corrected chi connectivity index (χ3v) is 6.37. The Morgan fingerprint density at radius 3 is 2.62 bits per heavy atom. The molecule has 176 valence electrons. The molecule has 0 aromatic heterocycles. The van der Waals surface area contributed by atoms with E-state index in [1.54, 1.807) is 0 Å². The normalized spacial score (nSPS) is 24.5. The van der Waals surface area contributed by atoms with Crippen molar-refractivity contribution in [3.63, 3.8) is 0 Å². The lowest BCUT2D eigenvalue weighted by atomic mass is 9.86. The number of rotatable bonds is 13. The third kappa shape index (κ3) is 8.24. The van der Waals surface area contributed by atoms with Crippen molar-refractivity contribution in [3.05, 3.63) is 60.2 Å². The van der Waals surface area contributed by atoms with Gasteiger partial charge < -0.3 is 20.5 Å². The van der Waals surface area contributed by atoms with Gasteiger partial charge in [-0.05, 0) is 50.5 Å². The van der Waals surface area contributed by atoms with E-state index in [1.807, 2.05) is 49.4 Å². The van der Waals surface area contributed by atoms with Crippen LogP contribution in [0.2, 0.25) is 0 Å². The number of carbonyl (C=O) groups is 1. The lowest BCUT2D eigenvalue weighted by Gasteiger charge is -2.25. The molecule has 6 nitrogen and oxygen atoms in total. The molecule has 6 heteroatoms. The largest absolute Gasteiger partial charge is 0.481 e. The van der Waals surface area contributed by atoms with Crippen molar-refractivity contribution >= 4 is 11.7 Å². The van der Waals surface area contributed by atoms with Crippen LogP contribution in [-0.4, -0.2) is 43.9 Å². The molecule has 4 atom stereocenters. The van der Waals surface area contributed by atoms with Crippen LogP contribution >= 0.6 is 0 Å². The summed E-state index contributed by atoms with van der Waals surface area (Å²) in [5, 5.41) is 43.1. The van der Waals surface area contributed by atoms with Gasteiger partial charge in [-0.15, -0.1) is 0 Å². The lowest BCUT2D eigenvalue weighted by Crippen LogP contribution is -2.26. The first-order valence-corrected chi connectivity index (χ1v) is 11.6. The van der Waals surface area contributed by atoms with E-state index in [2.05, 4.69) is 17.3 Å². The van der Waals surface area contributed by atoms with Crippen molar-refractivity contribution in [3.8, 4) is 0 Å². The minimum absolute atomic E-state index is 0.140. The number of benzene rings is 1. The van der Waals surface area contributed by atoms with Gasteiger partial charge >= 0.3 is 5.97 Å². The number of unbranched alkanes of at least 4 members (excludes halogenated alkanes) is 1. The summed E-state index contributed by atoms with van der Waals surface area (Å²) in [5.74, 6) is -1.19. The van der Waals surface area contributed by atoms with Crippen LogP contribution in [0.25, 0.3) is 0 Å². The number of aliphatic carboxylic acids is 1. The Labute approximate surface area is 191 Å². The van der Waals surface area contributed by atoms with Gasteiger partial charge in [0.15, 0.2) is 0 Å². The van der Waals surface area contributed by atoms with Crippen molar-refractivity contribution in [1.82, 2.24) is 0 Å². The van der Waals surface area contributed by atoms with E-state index < -0.39 is 17.7 Å². The summed E-state index contributed by atoms with van der Waals surface area (Å²) in [6, 6.07) is 10.2. The van der Waals surface area contributed by atoms with Crippen LogP contribution in [0.15, 0.2) is 59.8 Å². The highest BCUT2D eigenvalue weighted by atomic mass is 16.4. The van der Waals surface area contributed by atoms with E-state index in [0.717, 1.165) is 12.8 Å². The molecule has 0 bridgehead atoms. The molecule has 2 rings (SSSR count). The van der Waals surface area contributed by atoms with Crippen LogP contribution in [0.4, 0.5) is 0 Å². The van der Waals surface area contributed by atoms with E-state index in [1.165, 1.54) is 5.56 Å². The minimum Gasteiger partial charge on any atom is -0.481 e. The van der Waals surface area contributed by atoms with Gasteiger partial charge in [0, 0.05) is 24.7 Å². The first-order valence-electron chi connectivity index (χ1n) is 11.6. The van der Waals surface area contributed by atoms with Crippen LogP contribution in [0.1, 0.15) is 63.9 Å². The van der Waals surface area contributed by atoms with Crippen LogP contribution in [0.3, 0.4) is 0 Å². The molecule has 32 heavy (non-hydrogen) atoms. The monoisotopic (exact) mass is 443 g/mol. The summed E-state index contributed by atoms with van der Waals surface area (Å²) in [5.41, 5.74) is 0.833. The Bertz CT molecular complexity index is 789. The average molecular weight is 444 g/mol. The zero-order chi connectivity index (χ0) is 23.4. The van der Waals surface area contributed by atoms with E-state index in [4.69, 9.17) is 5.11 Å². The Morgan fingerprint density at radius 1 is 1.22 bits per heavy atom. The number of aryl methyl sites for hydroxylation is 1. The molecule has 0 aliphatic heterocycles. The van der Waals surface area contributed by atoms with Gasteiger partial charge in [-0.2, -0.15) is 0 Å². The van der Waals surface area contributed by atoms with Crippen LogP contribution in [0, 0.1) is 11.8 Å². The van der Waals surface area contributed by atoms with Crippen LogP contribution in [0.5, 0.6) is 0 Å². The van der Waals surface area contributed by atoms with Gasteiger partial charge in [0.25, 0.3) is 0 Å². The molecule has 1 aliphatic carbocycles. The van der Waals surface area contributed by atoms with Gasteiger partial charge in [0.2, 0.25) is 0 Å². The standard InChI is InChI=1S/C26H37NO5/c1-2-26(31,17-10-13-20-11-6-5-7-12-20)18-16-21-22(24(28)19-23(21)27-32)14-8-3-4-9-15-25(29)30/h3,5-8,11-12,16,18,21-22,24,28,31-32H,2,4,9-10,13-15,17,19H2,1H3,(H,29,30)/b8-3-,18-16+,27-23-/t21-,22-,24+,26?/m1/s1. The number of hydrogen-bond acceptors (Lipinski definition) is 5. The van der Waals surface area contributed by atoms with E-state index in [-0.39, 0.29) is 18.3 Å². The molecule has 0 saturated heterocycles. The van der Waals surface area contributed by atoms with Gasteiger partial charge in [-0.25, -0.2) is 0 Å². The topological polar surface area (TPSA) is 110 Å². The van der Waals surface area contributed by atoms with Crippen molar-refractivity contribution in [2.45, 2.75) is 76.4 Å². The number of carboxylic acid groups (broad SMARTS) is 1. The fourth-order valence-corrected chi connectivity index (χ4v) is 4.30. The molecule has 4 N–H and O–H groups in total. The Hall–Kier alpha value is -2.44. The number of aliphatic hydroxyl groups is 2. The fourth-order valence-electron chi connectivity index (χ4n) is 4.30. The summed E-state index contributed by atoms with van der Waals surface area (Å²) in [6.45, 7) is 1.95. The maximum absolute atomic E-state index is 11.1. The highest BCUT2D eigenvalue weighted by Crippen LogP contribution is 2.35. The van der Waals surface area contributed by atoms with Crippen molar-refractivity contribution < 1.29 is 25.3 Å². The van der Waals surface area contributed by atoms with Gasteiger partial charge in [-0.1, -0.05) is 66.7 Å². The molecular weight excluding hydrogens is 406 g/mol. The fraction of sp³-hybridized carbons (Fsp3) is 0.538. The molecule has 0 heterocycles. The quantitative estimate of drug-likeness (QED) is 0.152. The number of aliphatic hydroxyl groups excluding tert-OH is 1. The molecule has 0 radical (unpaired) electrons. The maximum atomic E-state index is 11.1. The summed E-state index contributed by atoms with van der Waals surface area (Å²) in [6.07, 6.45) is 12.3. The van der Waals surface area contributed by atoms with E-state index >= 15 is 0 Å². The second-order valence-corrected chi connectivity index (χ2v) is 8.70. The number of nitrogens with zero attached hydrogens (tertiary/aromatic N) is 1. The second kappa shape index (κ2) is 13.2. The summed E-state index contributed by atoms with van der Waals surface area (Å²) < 4.78 is 0. The summed E-state index contributed by atoms with van der Waals surface area (Å²) >= 11 is 0. The SMILES string of the molecule is CCC(O)(/C=C/[C@H]1/C(=N\O)C[C@H](O)[C@@H]1C/C=C\CCCC(=O)O)CCCc1ccccc1. The highest BCUT2D eigenvalue weighted by molar-refractivity contribution is 5.90. The number of allylic oxidation sites excluding steroid dienone is 3. The Balaban J connectivity index is 1.97.